The molecule has 0 radical (unpaired) electrons. The van der Waals surface area contributed by atoms with Gasteiger partial charge in [0.05, 0.1) is 27.7 Å². The number of hydrogen-bond acceptors (Lipinski definition) is 8. The van der Waals surface area contributed by atoms with Crippen molar-refractivity contribution in [2.24, 2.45) is 0 Å². The largest absolute Gasteiger partial charge is 0.756 e. The zero-order chi connectivity index (χ0) is 51.3. The van der Waals surface area contributed by atoms with Crippen LogP contribution in [0.3, 0.4) is 0 Å². The van der Waals surface area contributed by atoms with Gasteiger partial charge in [-0.05, 0) is 77.0 Å². The van der Waals surface area contributed by atoms with Crippen LogP contribution < -0.4 is 4.89 Å². The Bertz CT molecular complexity index is 1320. The van der Waals surface area contributed by atoms with Crippen LogP contribution in [0.15, 0.2) is 48.6 Å². The second-order valence-corrected chi connectivity index (χ2v) is 22.4. The average Bonchev–Trinajstić information content (AvgIpc) is 3.32. The molecule has 0 aliphatic carbocycles. The summed E-state index contributed by atoms with van der Waals surface area (Å²) in [6, 6.07) is 0. The van der Waals surface area contributed by atoms with Gasteiger partial charge in [-0.2, -0.15) is 0 Å². The first kappa shape index (κ1) is 68.0. The van der Waals surface area contributed by atoms with Gasteiger partial charge in [-0.15, -0.1) is 0 Å². The number of allylic oxidation sites excluding steroid dienone is 8. The number of esters is 2. The highest BCUT2D eigenvalue weighted by atomic mass is 31.2. The lowest BCUT2D eigenvalue weighted by atomic mass is 10.0. The molecule has 0 saturated heterocycles. The monoisotopic (exact) mass is 1010 g/mol. The van der Waals surface area contributed by atoms with Crippen LogP contribution >= 0.6 is 7.82 Å². The third-order valence-corrected chi connectivity index (χ3v) is 13.8. The molecule has 0 bridgehead atoms. The van der Waals surface area contributed by atoms with E-state index in [2.05, 4.69) is 62.5 Å². The molecule has 0 fully saturated rings. The molecule has 0 aromatic rings. The molecule has 410 valence electrons. The van der Waals surface area contributed by atoms with Gasteiger partial charge in [-0.1, -0.05) is 229 Å². The molecular weight excluding hydrogens is 894 g/mol. The molecular formula is C60H112NO8P. The van der Waals surface area contributed by atoms with Gasteiger partial charge in [0, 0.05) is 12.8 Å². The van der Waals surface area contributed by atoms with Crippen molar-refractivity contribution in [3.8, 4) is 0 Å². The third kappa shape index (κ3) is 55.3. The predicted molar refractivity (Wildman–Crippen MR) is 296 cm³/mol. The number of phosphoric acid groups is 1. The van der Waals surface area contributed by atoms with Gasteiger partial charge in [-0.3, -0.25) is 14.2 Å². The quantitative estimate of drug-likeness (QED) is 0.0195. The molecule has 0 saturated carbocycles. The number of rotatable bonds is 54. The summed E-state index contributed by atoms with van der Waals surface area (Å²) in [5.74, 6) is -0.829. The molecule has 0 heterocycles. The minimum Gasteiger partial charge on any atom is -0.756 e. The van der Waals surface area contributed by atoms with Crippen LogP contribution in [0.4, 0.5) is 0 Å². The van der Waals surface area contributed by atoms with Crippen LogP contribution in [0.1, 0.15) is 271 Å². The Balaban J connectivity index is 4.13. The number of hydrogen-bond donors (Lipinski definition) is 0. The minimum atomic E-state index is -4.64. The lowest BCUT2D eigenvalue weighted by molar-refractivity contribution is -0.870. The fourth-order valence-electron chi connectivity index (χ4n) is 8.25. The Morgan fingerprint density at radius 2 is 0.771 bits per heavy atom. The first-order chi connectivity index (χ1) is 34.0. The normalized spacial score (nSPS) is 13.6. The molecule has 0 amide bonds. The van der Waals surface area contributed by atoms with Crippen molar-refractivity contribution in [3.05, 3.63) is 48.6 Å². The third-order valence-electron chi connectivity index (χ3n) is 12.8. The van der Waals surface area contributed by atoms with Gasteiger partial charge in [-0.25, -0.2) is 0 Å². The molecule has 0 spiro atoms. The Labute approximate surface area is 433 Å². The lowest BCUT2D eigenvalue weighted by Crippen LogP contribution is -2.37. The molecule has 0 aliphatic heterocycles. The molecule has 0 rings (SSSR count). The van der Waals surface area contributed by atoms with Gasteiger partial charge in [0.2, 0.25) is 0 Å². The van der Waals surface area contributed by atoms with Crippen LogP contribution in [-0.4, -0.2) is 70.0 Å². The number of carbonyl (C=O) groups excluding carboxylic acids is 2. The number of nitrogens with zero attached hydrogens (tertiary/aromatic N) is 1. The zero-order valence-electron chi connectivity index (χ0n) is 46.5. The van der Waals surface area contributed by atoms with Crippen LogP contribution in [0.5, 0.6) is 0 Å². The van der Waals surface area contributed by atoms with Crippen LogP contribution in [0.25, 0.3) is 0 Å². The zero-order valence-corrected chi connectivity index (χ0v) is 47.4. The molecule has 0 N–H and O–H groups in total. The summed E-state index contributed by atoms with van der Waals surface area (Å²) in [6.45, 7) is 4.23. The Kier molecular flexibility index (Phi) is 50.4. The molecule has 2 unspecified atom stereocenters. The smallest absolute Gasteiger partial charge is 0.306 e. The van der Waals surface area contributed by atoms with E-state index in [1.165, 1.54) is 186 Å². The van der Waals surface area contributed by atoms with Gasteiger partial charge in [0.15, 0.2) is 6.10 Å². The lowest BCUT2D eigenvalue weighted by Gasteiger charge is -2.28. The van der Waals surface area contributed by atoms with Crippen molar-refractivity contribution < 1.29 is 42.1 Å². The van der Waals surface area contributed by atoms with E-state index in [0.717, 1.165) is 51.4 Å². The second-order valence-electron chi connectivity index (χ2n) is 21.0. The van der Waals surface area contributed by atoms with Crippen LogP contribution in [0.2, 0.25) is 0 Å². The molecule has 2 atom stereocenters. The maximum absolute atomic E-state index is 12.8. The maximum Gasteiger partial charge on any atom is 0.306 e. The van der Waals surface area contributed by atoms with Gasteiger partial charge in [0.25, 0.3) is 7.82 Å². The number of unbranched alkanes of at least 4 members (excludes halogenated alkanes) is 32. The number of ether oxygens (including phenoxy) is 2. The molecule has 70 heavy (non-hydrogen) atoms. The highest BCUT2D eigenvalue weighted by molar-refractivity contribution is 7.45. The predicted octanol–water partition coefficient (Wildman–Crippen LogP) is 17.5. The highest BCUT2D eigenvalue weighted by Crippen LogP contribution is 2.38. The van der Waals surface area contributed by atoms with Crippen molar-refractivity contribution in [3.63, 3.8) is 0 Å². The van der Waals surface area contributed by atoms with E-state index in [9.17, 15) is 19.0 Å². The first-order valence-corrected chi connectivity index (χ1v) is 30.8. The standard InChI is InChI=1S/C60H112NO8P/c1-6-8-10-12-14-16-18-20-22-24-26-27-28-29-30-31-32-33-35-37-39-41-43-45-47-49-51-53-60(63)69-58(57-68-70(64,65)67-55-54-61(3,4)5)56-66-59(62)52-50-48-46-44-42-40-38-36-34-25-23-21-19-17-15-13-11-9-7-2/h15,17-18,20-21,23-24,26,58H,6-14,16,19,22,25,27-57H2,1-5H3/b17-15-,20-18-,23-21-,26-24-. The van der Waals surface area contributed by atoms with Crippen molar-refractivity contribution >= 4 is 19.8 Å². The molecule has 0 aromatic heterocycles. The molecule has 0 aliphatic rings. The van der Waals surface area contributed by atoms with E-state index >= 15 is 0 Å². The number of phosphoric ester groups is 1. The number of carbonyl (C=O) groups is 2. The Morgan fingerprint density at radius 1 is 0.443 bits per heavy atom. The topological polar surface area (TPSA) is 111 Å². The van der Waals surface area contributed by atoms with Crippen LogP contribution in [0, 0.1) is 0 Å². The fraction of sp³-hybridized carbons (Fsp3) is 0.833. The van der Waals surface area contributed by atoms with Crippen molar-refractivity contribution in [1.82, 2.24) is 0 Å². The second kappa shape index (κ2) is 51.9. The maximum atomic E-state index is 12.8. The van der Waals surface area contributed by atoms with Gasteiger partial charge < -0.3 is 27.9 Å². The van der Waals surface area contributed by atoms with Crippen molar-refractivity contribution in [2.75, 3.05) is 47.5 Å². The first-order valence-electron chi connectivity index (χ1n) is 29.3. The van der Waals surface area contributed by atoms with E-state index < -0.39 is 26.5 Å². The summed E-state index contributed by atoms with van der Waals surface area (Å²) in [7, 11) is 1.17. The van der Waals surface area contributed by atoms with E-state index in [1.54, 1.807) is 0 Å². The van der Waals surface area contributed by atoms with Crippen molar-refractivity contribution in [1.29, 1.82) is 0 Å². The van der Waals surface area contributed by atoms with Gasteiger partial charge >= 0.3 is 11.9 Å². The summed E-state index contributed by atoms with van der Waals surface area (Å²) < 4.78 is 34.2. The highest BCUT2D eigenvalue weighted by Gasteiger charge is 2.22. The van der Waals surface area contributed by atoms with E-state index in [-0.39, 0.29) is 32.0 Å². The Morgan fingerprint density at radius 3 is 1.16 bits per heavy atom. The molecule has 9 nitrogen and oxygen atoms in total. The molecule has 10 heteroatoms. The van der Waals surface area contributed by atoms with E-state index in [4.69, 9.17) is 18.5 Å². The summed E-state index contributed by atoms with van der Waals surface area (Å²) in [6.07, 6.45) is 64.4. The summed E-state index contributed by atoms with van der Waals surface area (Å²) in [4.78, 5) is 37.9. The Hall–Kier alpha value is -2.03. The number of likely N-dealkylation sites (N-methyl/N-ethyl adjacent to an activating group) is 1. The van der Waals surface area contributed by atoms with Crippen LogP contribution in [-0.2, 0) is 32.7 Å². The minimum absolute atomic E-state index is 0.0314. The van der Waals surface area contributed by atoms with E-state index in [1.807, 2.05) is 21.1 Å². The summed E-state index contributed by atoms with van der Waals surface area (Å²) in [5.41, 5.74) is 0. The average molecular weight is 1010 g/mol. The molecule has 0 aromatic carbocycles. The van der Waals surface area contributed by atoms with Gasteiger partial charge in [0.1, 0.15) is 19.8 Å². The summed E-state index contributed by atoms with van der Waals surface area (Å²) in [5, 5.41) is 0. The van der Waals surface area contributed by atoms with E-state index in [0.29, 0.717) is 17.4 Å². The number of quaternary nitrogens is 1. The SMILES string of the molecule is CCCCC/C=C\C/C=C\CCCCCCCCCCCC(=O)OCC(COP(=O)([O-])OCC[N+](C)(C)C)OC(=O)CCCCCCCCCCCCCCCCC/C=C\C/C=C\CCCCCCC. The summed E-state index contributed by atoms with van der Waals surface area (Å²) >= 11 is 0. The van der Waals surface area contributed by atoms with Crippen molar-refractivity contribution in [2.45, 2.75) is 277 Å². The fourth-order valence-corrected chi connectivity index (χ4v) is 8.98.